The van der Waals surface area contributed by atoms with Crippen molar-refractivity contribution in [1.82, 2.24) is 5.32 Å². The van der Waals surface area contributed by atoms with Crippen LogP contribution >= 0.6 is 0 Å². The van der Waals surface area contributed by atoms with E-state index in [4.69, 9.17) is 0 Å². The minimum Gasteiger partial charge on any atom is -0.467 e. The van der Waals surface area contributed by atoms with Crippen LogP contribution in [0.3, 0.4) is 0 Å². The highest BCUT2D eigenvalue weighted by molar-refractivity contribution is 5.96. The molecule has 2 N–H and O–H groups in total. The van der Waals surface area contributed by atoms with Gasteiger partial charge in [-0.15, -0.1) is 0 Å². The summed E-state index contributed by atoms with van der Waals surface area (Å²) in [6.45, 7) is 0. The molecule has 2 rings (SSSR count). The third kappa shape index (κ3) is 3.92. The van der Waals surface area contributed by atoms with Crippen molar-refractivity contribution in [3.8, 4) is 0 Å². The van der Waals surface area contributed by atoms with E-state index in [2.05, 4.69) is 10.1 Å². The number of esters is 1. The van der Waals surface area contributed by atoms with Gasteiger partial charge >= 0.3 is 5.97 Å². The Morgan fingerprint density at radius 2 is 1.70 bits per heavy atom. The Hall–Kier alpha value is -2.73. The molecule has 23 heavy (non-hydrogen) atoms. The van der Waals surface area contributed by atoms with Crippen molar-refractivity contribution in [2.24, 2.45) is 0 Å². The molecule has 0 aliphatic rings. The van der Waals surface area contributed by atoms with Crippen LogP contribution in [0.25, 0.3) is 0 Å². The van der Waals surface area contributed by atoms with E-state index in [0.717, 1.165) is 13.2 Å². The summed E-state index contributed by atoms with van der Waals surface area (Å²) in [6, 6.07) is 12.2. The lowest BCUT2D eigenvalue weighted by atomic mass is 10.0. The molecule has 0 aliphatic heterocycles. The van der Waals surface area contributed by atoms with Crippen LogP contribution in [0.1, 0.15) is 22.0 Å². The van der Waals surface area contributed by atoms with Gasteiger partial charge in [0.05, 0.1) is 7.11 Å². The average molecular weight is 317 g/mol. The zero-order chi connectivity index (χ0) is 16.8. The molecule has 0 spiro atoms. The summed E-state index contributed by atoms with van der Waals surface area (Å²) >= 11 is 0. The SMILES string of the molecule is COC(=O)[C@@H](NC(=O)c1ccccc1)[C@H](O)c1ccccc1F. The molecule has 0 aliphatic carbocycles. The van der Waals surface area contributed by atoms with Crippen LogP contribution < -0.4 is 5.32 Å². The number of benzene rings is 2. The Kier molecular flexibility index (Phi) is 5.43. The van der Waals surface area contributed by atoms with Gasteiger partial charge in [0.2, 0.25) is 0 Å². The first-order chi connectivity index (χ1) is 11.0. The quantitative estimate of drug-likeness (QED) is 0.825. The number of amides is 1. The van der Waals surface area contributed by atoms with Gasteiger partial charge in [0.25, 0.3) is 5.91 Å². The third-order valence-corrected chi connectivity index (χ3v) is 3.32. The number of rotatable bonds is 5. The van der Waals surface area contributed by atoms with Crippen molar-refractivity contribution in [2.45, 2.75) is 12.1 Å². The average Bonchev–Trinajstić information content (AvgIpc) is 2.59. The van der Waals surface area contributed by atoms with E-state index >= 15 is 0 Å². The molecule has 120 valence electrons. The van der Waals surface area contributed by atoms with E-state index in [1.807, 2.05) is 0 Å². The predicted molar refractivity (Wildman–Crippen MR) is 81.1 cm³/mol. The summed E-state index contributed by atoms with van der Waals surface area (Å²) in [5.41, 5.74) is 0.207. The smallest absolute Gasteiger partial charge is 0.331 e. The molecule has 2 aromatic carbocycles. The van der Waals surface area contributed by atoms with Gasteiger partial charge in [-0.2, -0.15) is 0 Å². The molecule has 5 nitrogen and oxygen atoms in total. The van der Waals surface area contributed by atoms with Crippen LogP contribution in [0.4, 0.5) is 4.39 Å². The second kappa shape index (κ2) is 7.51. The fourth-order valence-electron chi connectivity index (χ4n) is 2.10. The number of hydrogen-bond donors (Lipinski definition) is 2. The highest BCUT2D eigenvalue weighted by Crippen LogP contribution is 2.21. The molecule has 6 heteroatoms. The number of ether oxygens (including phenoxy) is 1. The van der Waals surface area contributed by atoms with Crippen LogP contribution in [0, 0.1) is 5.82 Å². The molecule has 0 bridgehead atoms. The first-order valence-electron chi connectivity index (χ1n) is 6.91. The Morgan fingerprint density at radius 1 is 1.09 bits per heavy atom. The number of nitrogens with one attached hydrogen (secondary N) is 1. The first-order valence-corrected chi connectivity index (χ1v) is 6.91. The van der Waals surface area contributed by atoms with Crippen LogP contribution in [0.5, 0.6) is 0 Å². The molecule has 0 fully saturated rings. The summed E-state index contributed by atoms with van der Waals surface area (Å²) in [5.74, 6) is -2.12. The molecule has 2 atom stereocenters. The number of hydrogen-bond acceptors (Lipinski definition) is 4. The maximum atomic E-state index is 13.8. The van der Waals surface area contributed by atoms with Crippen molar-refractivity contribution in [1.29, 1.82) is 0 Å². The van der Waals surface area contributed by atoms with Gasteiger partial charge in [0, 0.05) is 11.1 Å². The largest absolute Gasteiger partial charge is 0.467 e. The predicted octanol–water partition coefficient (Wildman–Crippen LogP) is 1.83. The van der Waals surface area contributed by atoms with Crippen molar-refractivity contribution in [3.63, 3.8) is 0 Å². The fraction of sp³-hybridized carbons (Fsp3) is 0.176. The van der Waals surface area contributed by atoms with Crippen LogP contribution in [-0.2, 0) is 9.53 Å². The molecular formula is C17H16FNO4. The number of methoxy groups -OCH3 is 1. The van der Waals surface area contributed by atoms with E-state index in [-0.39, 0.29) is 5.56 Å². The number of aliphatic hydroxyl groups excluding tert-OH is 1. The third-order valence-electron chi connectivity index (χ3n) is 3.32. The lowest BCUT2D eigenvalue weighted by Gasteiger charge is -2.22. The normalized spacial score (nSPS) is 13.0. The van der Waals surface area contributed by atoms with Crippen LogP contribution in [0.15, 0.2) is 54.6 Å². The Labute approximate surface area is 132 Å². The van der Waals surface area contributed by atoms with Gasteiger partial charge in [-0.3, -0.25) is 4.79 Å². The summed E-state index contributed by atoms with van der Waals surface area (Å²) in [7, 11) is 1.12. The molecule has 1 amide bonds. The highest BCUT2D eigenvalue weighted by atomic mass is 19.1. The number of carbonyl (C=O) groups excluding carboxylic acids is 2. The fourth-order valence-corrected chi connectivity index (χ4v) is 2.10. The van der Waals surface area contributed by atoms with Gasteiger partial charge in [-0.1, -0.05) is 36.4 Å². The maximum Gasteiger partial charge on any atom is 0.331 e. The molecule has 0 saturated heterocycles. The molecule has 2 aromatic rings. The molecule has 0 unspecified atom stereocenters. The van der Waals surface area contributed by atoms with Crippen LogP contribution in [0.2, 0.25) is 0 Å². The standard InChI is InChI=1S/C17H16FNO4/c1-23-17(22)14(15(20)12-9-5-6-10-13(12)18)19-16(21)11-7-3-2-4-8-11/h2-10,14-15,20H,1H3,(H,19,21)/t14-,15+/m0/s1. The van der Waals surface area contributed by atoms with Crippen molar-refractivity contribution >= 4 is 11.9 Å². The van der Waals surface area contributed by atoms with Crippen molar-refractivity contribution in [2.75, 3.05) is 7.11 Å². The number of carbonyl (C=O) groups is 2. The molecule has 0 saturated carbocycles. The van der Waals surface area contributed by atoms with Gasteiger partial charge in [0.15, 0.2) is 6.04 Å². The zero-order valence-corrected chi connectivity index (χ0v) is 12.4. The number of halogens is 1. The summed E-state index contributed by atoms with van der Waals surface area (Å²) in [5, 5.41) is 12.7. The van der Waals surface area contributed by atoms with Gasteiger partial charge in [-0.25, -0.2) is 9.18 Å². The second-order valence-electron chi connectivity index (χ2n) is 4.81. The lowest BCUT2D eigenvalue weighted by Crippen LogP contribution is -2.45. The van der Waals surface area contributed by atoms with Gasteiger partial charge in [0.1, 0.15) is 11.9 Å². The van der Waals surface area contributed by atoms with E-state index in [9.17, 15) is 19.1 Å². The highest BCUT2D eigenvalue weighted by Gasteiger charge is 2.32. The number of aliphatic hydroxyl groups is 1. The summed E-state index contributed by atoms with van der Waals surface area (Å²) < 4.78 is 18.4. The topological polar surface area (TPSA) is 75.6 Å². The van der Waals surface area contributed by atoms with Crippen molar-refractivity contribution in [3.05, 3.63) is 71.5 Å². The zero-order valence-electron chi connectivity index (χ0n) is 12.4. The molecule has 0 heterocycles. The minimum atomic E-state index is -1.57. The Morgan fingerprint density at radius 3 is 2.30 bits per heavy atom. The van der Waals surface area contributed by atoms with E-state index in [1.165, 1.54) is 18.2 Å². The molecule has 0 radical (unpaired) electrons. The summed E-state index contributed by atoms with van der Waals surface area (Å²) in [6.07, 6.45) is -1.57. The van der Waals surface area contributed by atoms with Gasteiger partial charge in [-0.05, 0) is 18.2 Å². The van der Waals surface area contributed by atoms with Crippen LogP contribution in [-0.4, -0.2) is 30.1 Å². The van der Waals surface area contributed by atoms with E-state index in [1.54, 1.807) is 30.3 Å². The molecular weight excluding hydrogens is 301 g/mol. The summed E-state index contributed by atoms with van der Waals surface area (Å²) in [4.78, 5) is 24.1. The Bertz CT molecular complexity index is 690. The van der Waals surface area contributed by atoms with E-state index < -0.39 is 29.8 Å². The maximum absolute atomic E-state index is 13.8. The van der Waals surface area contributed by atoms with Crippen molar-refractivity contribution < 1.29 is 23.8 Å². The first kappa shape index (κ1) is 16.6. The monoisotopic (exact) mass is 317 g/mol. The van der Waals surface area contributed by atoms with Gasteiger partial charge < -0.3 is 15.2 Å². The van der Waals surface area contributed by atoms with E-state index in [0.29, 0.717) is 5.56 Å². The molecule has 0 aromatic heterocycles. The lowest BCUT2D eigenvalue weighted by molar-refractivity contribution is -0.146. The minimum absolute atomic E-state index is 0.101. The second-order valence-corrected chi connectivity index (χ2v) is 4.81. The Balaban J connectivity index is 2.26.